The van der Waals surface area contributed by atoms with E-state index in [1.807, 2.05) is 0 Å². The second-order valence-electron chi connectivity index (χ2n) is 1.80. The van der Waals surface area contributed by atoms with Crippen molar-refractivity contribution >= 4 is 18.9 Å². The zero-order valence-electron chi connectivity index (χ0n) is 8.00. The van der Waals surface area contributed by atoms with Crippen LogP contribution < -0.4 is 0 Å². The molecule has 0 unspecified atom stereocenters. The molecule has 0 aromatic carbocycles. The molecule has 0 radical (unpaired) electrons. The van der Waals surface area contributed by atoms with Gasteiger partial charge in [0.05, 0.1) is 0 Å². The van der Waals surface area contributed by atoms with Crippen molar-refractivity contribution in [1.82, 2.24) is 0 Å². The average Bonchev–Trinajstić information content (AvgIpc) is 2.16. The Morgan fingerprint density at radius 2 is 0.526 bits per heavy atom. The van der Waals surface area contributed by atoms with Crippen molar-refractivity contribution in [3.63, 3.8) is 0 Å². The maximum Gasteiger partial charge on any atom is 3.00 e. The largest absolute Gasteiger partial charge is 3.00 e. The zero-order valence-corrected chi connectivity index (χ0v) is 10.4. The van der Waals surface area contributed by atoms with E-state index >= 15 is 0 Å². The van der Waals surface area contributed by atoms with E-state index in [9.17, 15) is 39.5 Å². The third-order valence-electron chi connectivity index (χ3n) is 0.347. The molecule has 0 aliphatic carbocycles. The van der Waals surface area contributed by atoms with E-state index in [2.05, 4.69) is 0 Å². The second kappa shape index (κ2) is 11.8. The standard InChI is InChI=1S/3C2F3O.Eu/c3*3-2(4,5)1-6;/q3*-1;+3. The van der Waals surface area contributed by atoms with Crippen LogP contribution in [0, 0.1) is 49.4 Å². The fourth-order valence-electron chi connectivity index (χ4n) is 0. The van der Waals surface area contributed by atoms with Gasteiger partial charge in [-0.25, -0.2) is 39.5 Å². The Labute approximate surface area is 140 Å². The fourth-order valence-corrected chi connectivity index (χ4v) is 0. The van der Waals surface area contributed by atoms with Gasteiger partial charge in [0.1, 0.15) is 0 Å². The van der Waals surface area contributed by atoms with Gasteiger partial charge in [-0.1, -0.05) is 0 Å². The molecule has 112 valence electrons. The van der Waals surface area contributed by atoms with Gasteiger partial charge in [-0.2, -0.15) is 18.9 Å². The minimum atomic E-state index is -4.76. The Kier molecular flexibility index (Phi) is 16.9. The van der Waals surface area contributed by atoms with Crippen LogP contribution in [0.1, 0.15) is 0 Å². The summed E-state index contributed by atoms with van der Waals surface area (Å²) in [6.45, 7) is 0. The molecular formula is C6EuF9O3. The first kappa shape index (κ1) is 27.3. The molecule has 3 nitrogen and oxygen atoms in total. The number of hydrogen-bond donors (Lipinski definition) is 0. The van der Waals surface area contributed by atoms with Crippen LogP contribution in [0.15, 0.2) is 0 Å². The summed E-state index contributed by atoms with van der Waals surface area (Å²) >= 11 is 0. The second-order valence-corrected chi connectivity index (χ2v) is 1.80. The number of carbonyl (C=O) groups excluding carboxylic acids is 3. The van der Waals surface area contributed by atoms with Crippen molar-refractivity contribution in [2.75, 3.05) is 0 Å². The molecule has 0 heterocycles. The van der Waals surface area contributed by atoms with Gasteiger partial charge in [0.25, 0.3) is 18.5 Å². The van der Waals surface area contributed by atoms with Crippen molar-refractivity contribution in [2.45, 2.75) is 18.5 Å². The smallest absolute Gasteiger partial charge is 0.533 e. The Morgan fingerprint density at radius 1 is 0.474 bits per heavy atom. The van der Waals surface area contributed by atoms with Crippen LogP contribution in [0.4, 0.5) is 39.5 Å². The SMILES string of the molecule is O=[C-]C(F)(F)F.O=[C-]C(F)(F)F.O=[C-]C(F)(F)F.[Eu+3]. The molecule has 0 bridgehead atoms. The maximum absolute atomic E-state index is 10.4. The molecule has 0 amide bonds. The Bertz CT molecular complexity index is 211. The predicted molar refractivity (Wildman–Crippen MR) is 35.2 cm³/mol. The Morgan fingerprint density at radius 3 is 0.526 bits per heavy atom. The number of alkyl halides is 9. The molecular weight excluding hydrogens is 443 g/mol. The summed E-state index contributed by atoms with van der Waals surface area (Å²) in [6.07, 6.45) is -14.7. The number of rotatable bonds is 0. The third kappa shape index (κ3) is 57.0. The van der Waals surface area contributed by atoms with Gasteiger partial charge >= 0.3 is 49.4 Å². The van der Waals surface area contributed by atoms with Crippen LogP contribution in [0.25, 0.3) is 0 Å². The Hall–Kier alpha value is -0.0356. The van der Waals surface area contributed by atoms with E-state index in [4.69, 9.17) is 14.4 Å². The van der Waals surface area contributed by atoms with E-state index in [0.29, 0.717) is 0 Å². The van der Waals surface area contributed by atoms with Crippen LogP contribution in [-0.2, 0) is 14.4 Å². The van der Waals surface area contributed by atoms with Crippen LogP contribution in [0.3, 0.4) is 0 Å². The van der Waals surface area contributed by atoms with Gasteiger partial charge in [0.2, 0.25) is 0 Å². The molecule has 0 aromatic heterocycles. The maximum atomic E-state index is 10.4. The summed E-state index contributed by atoms with van der Waals surface area (Å²) in [4.78, 5) is 25.7. The van der Waals surface area contributed by atoms with Gasteiger partial charge < -0.3 is 14.4 Å². The molecule has 0 atom stereocenters. The first-order chi connectivity index (χ1) is 7.68. The van der Waals surface area contributed by atoms with Gasteiger partial charge in [-0.15, -0.1) is 0 Å². The molecule has 0 spiro atoms. The molecule has 0 saturated heterocycles. The topological polar surface area (TPSA) is 51.2 Å². The van der Waals surface area contributed by atoms with Gasteiger partial charge in [-0.3, -0.25) is 0 Å². The monoisotopic (exact) mass is 444 g/mol. The molecule has 13 heteroatoms. The molecule has 0 saturated carbocycles. The summed E-state index contributed by atoms with van der Waals surface area (Å²) in [5.41, 5.74) is 0. The quantitative estimate of drug-likeness (QED) is 0.425. The fraction of sp³-hybridized carbons (Fsp3) is 0.500. The van der Waals surface area contributed by atoms with Gasteiger partial charge in [0.15, 0.2) is 0 Å². The van der Waals surface area contributed by atoms with Crippen LogP contribution in [0.5, 0.6) is 0 Å². The minimum absolute atomic E-state index is 0. The first-order valence-corrected chi connectivity index (χ1v) is 3.06. The molecule has 19 heavy (non-hydrogen) atoms. The summed E-state index contributed by atoms with van der Waals surface area (Å²) < 4.78 is 93.3. The number of hydrogen-bond acceptors (Lipinski definition) is 3. The van der Waals surface area contributed by atoms with E-state index in [1.165, 1.54) is 0 Å². The van der Waals surface area contributed by atoms with E-state index in [1.54, 1.807) is 0 Å². The molecule has 0 fully saturated rings. The normalized spacial score (nSPS) is 10.6. The zero-order chi connectivity index (χ0) is 15.6. The van der Waals surface area contributed by atoms with Crippen LogP contribution in [-0.4, -0.2) is 37.4 Å². The molecule has 0 aliphatic heterocycles. The van der Waals surface area contributed by atoms with Crippen molar-refractivity contribution in [1.29, 1.82) is 0 Å². The summed E-state index contributed by atoms with van der Waals surface area (Å²) in [7, 11) is 0. The summed E-state index contributed by atoms with van der Waals surface area (Å²) in [6, 6.07) is 0. The van der Waals surface area contributed by atoms with E-state index in [0.717, 1.165) is 0 Å². The van der Waals surface area contributed by atoms with E-state index < -0.39 is 18.5 Å². The van der Waals surface area contributed by atoms with Crippen molar-refractivity contribution in [3.05, 3.63) is 0 Å². The van der Waals surface area contributed by atoms with Crippen LogP contribution in [0.2, 0.25) is 0 Å². The first-order valence-electron chi connectivity index (χ1n) is 3.06. The minimum Gasteiger partial charge on any atom is -0.533 e. The summed E-state index contributed by atoms with van der Waals surface area (Å²) in [5, 5.41) is 0. The van der Waals surface area contributed by atoms with Crippen LogP contribution >= 0.6 is 0 Å². The third-order valence-corrected chi connectivity index (χ3v) is 0.347. The molecule has 0 N–H and O–H groups in total. The van der Waals surface area contributed by atoms with Crippen molar-refractivity contribution in [2.24, 2.45) is 0 Å². The Balaban J connectivity index is -0.0000000865. The van der Waals surface area contributed by atoms with Gasteiger partial charge in [0, 0.05) is 0 Å². The average molecular weight is 443 g/mol. The number of halogens is 9. The molecule has 0 rings (SSSR count). The molecule has 0 aromatic rings. The van der Waals surface area contributed by atoms with Crippen molar-refractivity contribution in [3.8, 4) is 0 Å². The summed E-state index contributed by atoms with van der Waals surface area (Å²) in [5.74, 6) is 0. The van der Waals surface area contributed by atoms with Gasteiger partial charge in [-0.05, 0) is 0 Å². The van der Waals surface area contributed by atoms with Crippen molar-refractivity contribution < 1.29 is 103 Å². The van der Waals surface area contributed by atoms with E-state index in [-0.39, 0.29) is 68.2 Å². The predicted octanol–water partition coefficient (Wildman–Crippen LogP) is 1.98. The molecule has 0 aliphatic rings.